The number of nitrogens with one attached hydrogen (secondary N) is 1. The molecule has 0 saturated carbocycles. The minimum atomic E-state index is -0.437. The van der Waals surface area contributed by atoms with Crippen molar-refractivity contribution < 1.29 is 14.3 Å². The number of benzene rings is 3. The number of carbonyl (C=O) groups is 1. The molecule has 0 aliphatic heterocycles. The third kappa shape index (κ3) is 4.18. The first-order valence-corrected chi connectivity index (χ1v) is 10.4. The van der Waals surface area contributed by atoms with E-state index in [1.807, 2.05) is 26.0 Å². The summed E-state index contributed by atoms with van der Waals surface area (Å²) in [6.07, 6.45) is 0. The monoisotopic (exact) mass is 429 g/mol. The van der Waals surface area contributed by atoms with E-state index in [-0.39, 0.29) is 11.3 Å². The lowest BCUT2D eigenvalue weighted by molar-refractivity contribution is 0.102. The second-order valence-corrected chi connectivity index (χ2v) is 6.92. The molecule has 1 amide bonds. The Bertz CT molecular complexity index is 1310. The van der Waals surface area contributed by atoms with Crippen LogP contribution in [0.3, 0.4) is 0 Å². The molecule has 4 aromatic rings. The Kier molecular flexibility index (Phi) is 6.17. The van der Waals surface area contributed by atoms with Crippen molar-refractivity contribution in [2.24, 2.45) is 0 Å². The Hall–Kier alpha value is -4.13. The molecule has 0 spiro atoms. The molecule has 0 aliphatic rings. The third-order valence-corrected chi connectivity index (χ3v) is 4.85. The Labute approximate surface area is 185 Å². The van der Waals surface area contributed by atoms with E-state index < -0.39 is 5.91 Å². The fourth-order valence-corrected chi connectivity index (χ4v) is 3.42. The fourth-order valence-electron chi connectivity index (χ4n) is 3.42. The number of rotatable bonds is 7. The van der Waals surface area contributed by atoms with Gasteiger partial charge in [0.15, 0.2) is 5.69 Å². The third-order valence-electron chi connectivity index (χ3n) is 4.85. The zero-order valence-electron chi connectivity index (χ0n) is 17.9. The fraction of sp³-hybridized carbons (Fsp3) is 0.160. The van der Waals surface area contributed by atoms with Crippen LogP contribution in [0.4, 0.5) is 5.69 Å². The summed E-state index contributed by atoms with van der Waals surface area (Å²) in [5.41, 5.74) is 0.897. The molecule has 7 heteroatoms. The lowest BCUT2D eigenvalue weighted by Gasteiger charge is -2.14. The SMILES string of the molecule is CCOc1ccc(-n2nc(C(=O)Nc3ccccc3OCC)c3ccccc3c2=O)cc1. The summed E-state index contributed by atoms with van der Waals surface area (Å²) in [5.74, 6) is 0.816. The Morgan fingerprint density at radius 2 is 1.53 bits per heavy atom. The van der Waals surface area contributed by atoms with E-state index in [1.165, 1.54) is 4.68 Å². The highest BCUT2D eigenvalue weighted by Crippen LogP contribution is 2.25. The van der Waals surface area contributed by atoms with Gasteiger partial charge in [0.2, 0.25) is 0 Å². The quantitative estimate of drug-likeness (QED) is 0.470. The van der Waals surface area contributed by atoms with Gasteiger partial charge in [-0.1, -0.05) is 30.3 Å². The maximum Gasteiger partial charge on any atom is 0.279 e. The number of carbonyl (C=O) groups excluding carboxylic acids is 1. The molecule has 0 unspecified atom stereocenters. The molecule has 0 atom stereocenters. The molecule has 0 aliphatic carbocycles. The highest BCUT2D eigenvalue weighted by molar-refractivity contribution is 6.11. The van der Waals surface area contributed by atoms with Gasteiger partial charge >= 0.3 is 0 Å². The standard InChI is InChI=1S/C25H23N3O4/c1-3-31-18-15-13-17(14-16-18)28-25(30)20-10-6-5-9-19(20)23(27-28)24(29)26-21-11-7-8-12-22(21)32-4-2/h5-16H,3-4H2,1-2H3,(H,26,29). The summed E-state index contributed by atoms with van der Waals surface area (Å²) in [6.45, 7) is 4.79. The molecular formula is C25H23N3O4. The summed E-state index contributed by atoms with van der Waals surface area (Å²) in [6, 6.07) is 21.1. The van der Waals surface area contributed by atoms with E-state index in [4.69, 9.17) is 9.47 Å². The van der Waals surface area contributed by atoms with Gasteiger partial charge in [0.25, 0.3) is 11.5 Å². The Morgan fingerprint density at radius 1 is 0.875 bits per heavy atom. The maximum atomic E-state index is 13.3. The molecule has 0 fully saturated rings. The van der Waals surface area contributed by atoms with Gasteiger partial charge in [-0.25, -0.2) is 0 Å². The molecule has 0 radical (unpaired) electrons. The smallest absolute Gasteiger partial charge is 0.279 e. The Balaban J connectivity index is 1.80. The van der Waals surface area contributed by atoms with Gasteiger partial charge in [-0.15, -0.1) is 0 Å². The van der Waals surface area contributed by atoms with Gasteiger partial charge in [0, 0.05) is 5.39 Å². The van der Waals surface area contributed by atoms with Crippen LogP contribution in [0.2, 0.25) is 0 Å². The van der Waals surface area contributed by atoms with Crippen LogP contribution in [0.25, 0.3) is 16.5 Å². The average Bonchev–Trinajstić information content (AvgIpc) is 2.82. The van der Waals surface area contributed by atoms with E-state index >= 15 is 0 Å². The number of nitrogens with zero attached hydrogens (tertiary/aromatic N) is 2. The second-order valence-electron chi connectivity index (χ2n) is 6.92. The lowest BCUT2D eigenvalue weighted by Crippen LogP contribution is -2.26. The number of ether oxygens (including phenoxy) is 2. The van der Waals surface area contributed by atoms with Crippen LogP contribution in [0.1, 0.15) is 24.3 Å². The topological polar surface area (TPSA) is 82.5 Å². The van der Waals surface area contributed by atoms with Gasteiger partial charge in [-0.3, -0.25) is 9.59 Å². The number of amides is 1. The molecule has 0 bridgehead atoms. The number of anilines is 1. The number of hydrogen-bond donors (Lipinski definition) is 1. The molecule has 3 aromatic carbocycles. The van der Waals surface area contributed by atoms with Crippen LogP contribution in [0.15, 0.2) is 77.6 Å². The first-order valence-electron chi connectivity index (χ1n) is 10.4. The highest BCUT2D eigenvalue weighted by atomic mass is 16.5. The predicted molar refractivity (Wildman–Crippen MR) is 124 cm³/mol. The van der Waals surface area contributed by atoms with Crippen molar-refractivity contribution in [3.05, 3.63) is 88.8 Å². The molecule has 0 saturated heterocycles. The van der Waals surface area contributed by atoms with Crippen molar-refractivity contribution in [2.75, 3.05) is 18.5 Å². The molecule has 4 rings (SSSR count). The molecular weight excluding hydrogens is 406 g/mol. The zero-order valence-corrected chi connectivity index (χ0v) is 17.9. The number of fused-ring (bicyclic) bond motifs is 1. The van der Waals surface area contributed by atoms with Gasteiger partial charge in [0.1, 0.15) is 11.5 Å². The van der Waals surface area contributed by atoms with Crippen molar-refractivity contribution in [2.45, 2.75) is 13.8 Å². The minimum absolute atomic E-state index is 0.139. The van der Waals surface area contributed by atoms with E-state index in [2.05, 4.69) is 10.4 Å². The van der Waals surface area contributed by atoms with Crippen molar-refractivity contribution in [1.82, 2.24) is 9.78 Å². The largest absolute Gasteiger partial charge is 0.494 e. The van der Waals surface area contributed by atoms with Crippen LogP contribution in [0, 0.1) is 0 Å². The molecule has 1 aromatic heterocycles. The first-order chi connectivity index (χ1) is 15.6. The van der Waals surface area contributed by atoms with Crippen molar-refractivity contribution >= 4 is 22.4 Å². The molecule has 7 nitrogen and oxygen atoms in total. The number of aromatic nitrogens is 2. The van der Waals surface area contributed by atoms with Crippen LogP contribution in [-0.4, -0.2) is 28.9 Å². The first kappa shape index (κ1) is 21.1. The molecule has 1 heterocycles. The molecule has 32 heavy (non-hydrogen) atoms. The number of para-hydroxylation sites is 2. The average molecular weight is 429 g/mol. The molecule has 162 valence electrons. The highest BCUT2D eigenvalue weighted by Gasteiger charge is 2.19. The van der Waals surface area contributed by atoms with E-state index in [1.54, 1.807) is 60.7 Å². The van der Waals surface area contributed by atoms with Gasteiger partial charge in [-0.2, -0.15) is 9.78 Å². The summed E-state index contributed by atoms with van der Waals surface area (Å²) in [5, 5.41) is 8.17. The summed E-state index contributed by atoms with van der Waals surface area (Å²) in [4.78, 5) is 26.4. The van der Waals surface area contributed by atoms with Crippen LogP contribution in [-0.2, 0) is 0 Å². The summed E-state index contributed by atoms with van der Waals surface area (Å²) >= 11 is 0. The molecule has 1 N–H and O–H groups in total. The van der Waals surface area contributed by atoms with Gasteiger partial charge in [0.05, 0.1) is 30.0 Å². The van der Waals surface area contributed by atoms with E-state index in [0.717, 1.165) is 0 Å². The van der Waals surface area contributed by atoms with Crippen molar-refractivity contribution in [1.29, 1.82) is 0 Å². The zero-order chi connectivity index (χ0) is 22.5. The normalized spacial score (nSPS) is 10.7. The van der Waals surface area contributed by atoms with Gasteiger partial charge < -0.3 is 14.8 Å². The van der Waals surface area contributed by atoms with Crippen molar-refractivity contribution in [3.8, 4) is 17.2 Å². The van der Waals surface area contributed by atoms with Gasteiger partial charge in [-0.05, 0) is 56.3 Å². The van der Waals surface area contributed by atoms with Crippen LogP contribution in [0.5, 0.6) is 11.5 Å². The second kappa shape index (κ2) is 9.34. The summed E-state index contributed by atoms with van der Waals surface area (Å²) < 4.78 is 12.3. The summed E-state index contributed by atoms with van der Waals surface area (Å²) in [7, 11) is 0. The van der Waals surface area contributed by atoms with Crippen LogP contribution < -0.4 is 20.3 Å². The minimum Gasteiger partial charge on any atom is -0.494 e. The van der Waals surface area contributed by atoms with Crippen molar-refractivity contribution in [3.63, 3.8) is 0 Å². The maximum absolute atomic E-state index is 13.3. The predicted octanol–water partition coefficient (Wildman–Crippen LogP) is 4.44. The lowest BCUT2D eigenvalue weighted by atomic mass is 10.1. The van der Waals surface area contributed by atoms with E-state index in [9.17, 15) is 9.59 Å². The van der Waals surface area contributed by atoms with Crippen LogP contribution >= 0.6 is 0 Å². The number of hydrogen-bond acceptors (Lipinski definition) is 5. The Morgan fingerprint density at radius 3 is 2.25 bits per heavy atom. The van der Waals surface area contributed by atoms with E-state index in [0.29, 0.717) is 46.9 Å².